The van der Waals surface area contributed by atoms with Gasteiger partial charge in [-0.15, -0.1) is 24.0 Å². The van der Waals surface area contributed by atoms with Gasteiger partial charge in [0.05, 0.1) is 22.8 Å². The smallest absolute Gasteiger partial charge is 0.252 e. The second-order valence-electron chi connectivity index (χ2n) is 5.30. The molecule has 7 nitrogen and oxygen atoms in total. The third-order valence-electron chi connectivity index (χ3n) is 3.49. The number of benzene rings is 1. The Balaban J connectivity index is 0.00000338. The zero-order valence-corrected chi connectivity index (χ0v) is 17.9. The summed E-state index contributed by atoms with van der Waals surface area (Å²) in [5.41, 5.74) is 1.49. The molecule has 0 aliphatic carbocycles. The van der Waals surface area contributed by atoms with Crippen molar-refractivity contribution in [1.82, 2.24) is 25.7 Å². The van der Waals surface area contributed by atoms with E-state index in [2.05, 4.69) is 26.0 Å². The molecule has 1 aromatic carbocycles. The highest BCUT2D eigenvalue weighted by Gasteiger charge is 2.08. The van der Waals surface area contributed by atoms with Crippen molar-refractivity contribution in [1.29, 1.82) is 0 Å². The van der Waals surface area contributed by atoms with E-state index >= 15 is 0 Å². The average molecular weight is 491 g/mol. The summed E-state index contributed by atoms with van der Waals surface area (Å²) in [6.07, 6.45) is 1.75. The first-order chi connectivity index (χ1) is 12.1. The van der Waals surface area contributed by atoms with Gasteiger partial charge < -0.3 is 16.0 Å². The molecule has 0 unspecified atom stereocenters. The monoisotopic (exact) mass is 490 g/mol. The summed E-state index contributed by atoms with van der Waals surface area (Å²) >= 11 is 6.01. The minimum Gasteiger partial charge on any atom is -0.357 e. The van der Waals surface area contributed by atoms with Gasteiger partial charge in [-0.05, 0) is 25.1 Å². The van der Waals surface area contributed by atoms with Crippen LogP contribution in [0.4, 0.5) is 0 Å². The molecule has 1 aromatic heterocycles. The number of aryl methyl sites for hydroxylation is 1. The SMILES string of the molecule is CCNC(=NCc1ccnn1C)NCCNC(=O)c1ccccc1Cl.I. The molecule has 1 heterocycles. The molecular weight excluding hydrogens is 467 g/mol. The van der Waals surface area contributed by atoms with Gasteiger partial charge in [-0.25, -0.2) is 4.99 Å². The third kappa shape index (κ3) is 6.83. The Bertz CT molecular complexity index is 734. The summed E-state index contributed by atoms with van der Waals surface area (Å²) in [5.74, 6) is 0.500. The highest BCUT2D eigenvalue weighted by molar-refractivity contribution is 14.0. The normalized spacial score (nSPS) is 10.8. The summed E-state index contributed by atoms with van der Waals surface area (Å²) in [7, 11) is 1.88. The Labute approximate surface area is 175 Å². The van der Waals surface area contributed by atoms with E-state index in [0.29, 0.717) is 36.2 Å². The minimum atomic E-state index is -0.191. The van der Waals surface area contributed by atoms with Crippen LogP contribution in [0, 0.1) is 0 Å². The fourth-order valence-corrected chi connectivity index (χ4v) is 2.38. The molecule has 3 N–H and O–H groups in total. The van der Waals surface area contributed by atoms with Gasteiger partial charge in [-0.1, -0.05) is 23.7 Å². The summed E-state index contributed by atoms with van der Waals surface area (Å²) in [5, 5.41) is 13.8. The fraction of sp³-hybridized carbons (Fsp3) is 0.353. The number of halogens is 2. The molecule has 0 saturated carbocycles. The van der Waals surface area contributed by atoms with E-state index in [-0.39, 0.29) is 29.9 Å². The van der Waals surface area contributed by atoms with Gasteiger partial charge in [-0.2, -0.15) is 5.10 Å². The van der Waals surface area contributed by atoms with Crippen LogP contribution >= 0.6 is 35.6 Å². The predicted octanol–water partition coefficient (Wildman–Crippen LogP) is 2.18. The molecule has 1 amide bonds. The number of aromatic nitrogens is 2. The van der Waals surface area contributed by atoms with Gasteiger partial charge in [-0.3, -0.25) is 9.48 Å². The van der Waals surface area contributed by atoms with Crippen molar-refractivity contribution in [3.63, 3.8) is 0 Å². The van der Waals surface area contributed by atoms with E-state index in [1.54, 1.807) is 35.1 Å². The summed E-state index contributed by atoms with van der Waals surface area (Å²) in [6.45, 7) is 4.29. The number of hydrogen-bond donors (Lipinski definition) is 3. The lowest BCUT2D eigenvalue weighted by Crippen LogP contribution is -2.41. The number of rotatable bonds is 7. The molecule has 0 radical (unpaired) electrons. The minimum absolute atomic E-state index is 0. The van der Waals surface area contributed by atoms with Gasteiger partial charge in [0.15, 0.2) is 5.96 Å². The number of hydrogen-bond acceptors (Lipinski definition) is 3. The molecule has 0 saturated heterocycles. The van der Waals surface area contributed by atoms with Gasteiger partial charge in [0, 0.05) is 32.9 Å². The number of aliphatic imine (C=N–C) groups is 1. The highest BCUT2D eigenvalue weighted by Crippen LogP contribution is 2.14. The second-order valence-corrected chi connectivity index (χ2v) is 5.71. The van der Waals surface area contributed by atoms with Crippen molar-refractivity contribution in [2.24, 2.45) is 12.0 Å². The van der Waals surface area contributed by atoms with Crippen LogP contribution in [-0.4, -0.2) is 41.3 Å². The molecule has 26 heavy (non-hydrogen) atoms. The van der Waals surface area contributed by atoms with Crippen LogP contribution in [0.25, 0.3) is 0 Å². The van der Waals surface area contributed by atoms with Crippen LogP contribution in [0.15, 0.2) is 41.5 Å². The van der Waals surface area contributed by atoms with E-state index in [4.69, 9.17) is 11.6 Å². The molecule has 0 spiro atoms. The first-order valence-electron chi connectivity index (χ1n) is 8.13. The van der Waals surface area contributed by atoms with Gasteiger partial charge >= 0.3 is 0 Å². The van der Waals surface area contributed by atoms with E-state index in [9.17, 15) is 4.79 Å². The summed E-state index contributed by atoms with van der Waals surface area (Å²) in [6, 6.07) is 8.90. The molecule has 0 aliphatic heterocycles. The Morgan fingerprint density at radius 2 is 1.92 bits per heavy atom. The van der Waals surface area contributed by atoms with Crippen molar-refractivity contribution < 1.29 is 4.79 Å². The molecule has 0 atom stereocenters. The maximum Gasteiger partial charge on any atom is 0.252 e. The maximum absolute atomic E-state index is 12.1. The molecular formula is C17H24ClIN6O. The first-order valence-corrected chi connectivity index (χ1v) is 8.51. The van der Waals surface area contributed by atoms with Crippen molar-refractivity contribution >= 4 is 47.4 Å². The number of carbonyl (C=O) groups excluding carboxylic acids is 1. The molecule has 9 heteroatoms. The average Bonchev–Trinajstić information content (AvgIpc) is 3.01. The fourth-order valence-electron chi connectivity index (χ4n) is 2.16. The number of nitrogens with zero attached hydrogens (tertiary/aromatic N) is 3. The van der Waals surface area contributed by atoms with Gasteiger partial charge in [0.2, 0.25) is 0 Å². The topological polar surface area (TPSA) is 83.3 Å². The number of amides is 1. The Morgan fingerprint density at radius 1 is 1.19 bits per heavy atom. The Hall–Kier alpha value is -1.81. The largest absolute Gasteiger partial charge is 0.357 e. The third-order valence-corrected chi connectivity index (χ3v) is 3.82. The standard InChI is InChI=1S/C17H23ClN6O.HI/c1-3-19-17(22-12-13-8-9-23-24(13)2)21-11-10-20-16(25)14-6-4-5-7-15(14)18;/h4-9H,3,10-12H2,1-2H3,(H,20,25)(H2,19,21,22);1H. The Morgan fingerprint density at radius 3 is 2.58 bits per heavy atom. The van der Waals surface area contributed by atoms with E-state index < -0.39 is 0 Å². The Kier molecular flexibility index (Phi) is 10.0. The lowest BCUT2D eigenvalue weighted by Gasteiger charge is -2.12. The molecule has 0 fully saturated rings. The van der Waals surface area contributed by atoms with Gasteiger partial charge in [0.1, 0.15) is 0 Å². The second kappa shape index (κ2) is 11.7. The molecule has 0 bridgehead atoms. The number of guanidine groups is 1. The summed E-state index contributed by atoms with van der Waals surface area (Å²) < 4.78 is 1.79. The van der Waals surface area contributed by atoms with Crippen LogP contribution < -0.4 is 16.0 Å². The van der Waals surface area contributed by atoms with E-state index in [1.807, 2.05) is 20.0 Å². The number of nitrogens with one attached hydrogen (secondary N) is 3. The van der Waals surface area contributed by atoms with Gasteiger partial charge in [0.25, 0.3) is 5.91 Å². The zero-order chi connectivity index (χ0) is 18.1. The van der Waals surface area contributed by atoms with Crippen LogP contribution in [0.3, 0.4) is 0 Å². The molecule has 2 aromatic rings. The first kappa shape index (κ1) is 22.2. The molecule has 142 valence electrons. The van der Waals surface area contributed by atoms with Crippen LogP contribution in [0.1, 0.15) is 23.0 Å². The van der Waals surface area contributed by atoms with Crippen molar-refractivity contribution in [2.45, 2.75) is 13.5 Å². The van der Waals surface area contributed by atoms with E-state index in [0.717, 1.165) is 12.2 Å². The highest BCUT2D eigenvalue weighted by atomic mass is 127. The predicted molar refractivity (Wildman–Crippen MR) is 115 cm³/mol. The van der Waals surface area contributed by atoms with Crippen molar-refractivity contribution in [3.05, 3.63) is 52.8 Å². The quantitative estimate of drug-likeness (QED) is 0.240. The van der Waals surface area contributed by atoms with Crippen molar-refractivity contribution in [3.8, 4) is 0 Å². The van der Waals surface area contributed by atoms with Crippen LogP contribution in [0.2, 0.25) is 5.02 Å². The van der Waals surface area contributed by atoms with E-state index in [1.165, 1.54) is 0 Å². The zero-order valence-electron chi connectivity index (χ0n) is 14.8. The maximum atomic E-state index is 12.1. The van der Waals surface area contributed by atoms with Crippen LogP contribution in [0.5, 0.6) is 0 Å². The number of carbonyl (C=O) groups is 1. The molecule has 2 rings (SSSR count). The lowest BCUT2D eigenvalue weighted by molar-refractivity contribution is 0.0954. The van der Waals surface area contributed by atoms with Crippen LogP contribution in [-0.2, 0) is 13.6 Å². The summed E-state index contributed by atoms with van der Waals surface area (Å²) in [4.78, 5) is 16.6. The van der Waals surface area contributed by atoms with Crippen molar-refractivity contribution in [2.75, 3.05) is 19.6 Å². The molecule has 0 aliphatic rings. The lowest BCUT2D eigenvalue weighted by atomic mass is 10.2.